The van der Waals surface area contributed by atoms with E-state index in [1.807, 2.05) is 48.5 Å². The largest absolute Gasteiger partial charge is 0.483 e. The van der Waals surface area contributed by atoms with Gasteiger partial charge in [0.1, 0.15) is 17.3 Å². The van der Waals surface area contributed by atoms with E-state index >= 15 is 0 Å². The molecule has 0 fully saturated rings. The molecule has 1 aliphatic rings. The number of carboxylic acid groups (broad SMARTS) is 2. The molecule has 3 heterocycles. The van der Waals surface area contributed by atoms with Crippen molar-refractivity contribution in [3.05, 3.63) is 107 Å². The number of anilines is 1. The van der Waals surface area contributed by atoms with Gasteiger partial charge in [0.2, 0.25) is 5.88 Å². The maximum atomic E-state index is 9.52. The van der Waals surface area contributed by atoms with Gasteiger partial charge in [0.15, 0.2) is 0 Å². The van der Waals surface area contributed by atoms with Gasteiger partial charge in [0.05, 0.1) is 35.5 Å². The summed E-state index contributed by atoms with van der Waals surface area (Å²) in [5, 5.41) is 39.6. The summed E-state index contributed by atoms with van der Waals surface area (Å²) in [5.41, 5.74) is 5.45. The van der Waals surface area contributed by atoms with Gasteiger partial charge in [-0.15, -0.1) is 0 Å². The van der Waals surface area contributed by atoms with Gasteiger partial charge in [-0.25, -0.2) is 9.97 Å². The SMILES string of the molecule is N#Cc1ccc(CCN[C@H](c2ccccc2)[C@@H]2CNc3cc(-c4ccnc(Cl)c4C#N)cnc3O2)cc1.O=CO.O=CO. The van der Waals surface area contributed by atoms with Crippen LogP contribution in [0.15, 0.2) is 79.1 Å². The van der Waals surface area contributed by atoms with E-state index in [-0.39, 0.29) is 30.2 Å². The molecule has 12 heteroatoms. The molecule has 2 aromatic heterocycles. The third-order valence-corrected chi connectivity index (χ3v) is 6.61. The monoisotopic (exact) mass is 598 g/mol. The van der Waals surface area contributed by atoms with Crippen LogP contribution in [-0.2, 0) is 16.0 Å². The number of hydrogen-bond acceptors (Lipinski definition) is 9. The molecule has 0 saturated heterocycles. The van der Waals surface area contributed by atoms with Crippen molar-refractivity contribution < 1.29 is 24.5 Å². The first-order chi connectivity index (χ1) is 21.0. The van der Waals surface area contributed by atoms with E-state index in [2.05, 4.69) is 44.9 Å². The van der Waals surface area contributed by atoms with Crippen LogP contribution in [0.5, 0.6) is 5.88 Å². The number of rotatable bonds is 7. The summed E-state index contributed by atoms with van der Waals surface area (Å²) in [5.74, 6) is 0.508. The fourth-order valence-electron chi connectivity index (χ4n) is 4.43. The van der Waals surface area contributed by atoms with Crippen LogP contribution in [0.3, 0.4) is 0 Å². The Balaban J connectivity index is 0.000000780. The Kier molecular flexibility index (Phi) is 12.4. The predicted octanol–water partition coefficient (Wildman–Crippen LogP) is 4.69. The summed E-state index contributed by atoms with van der Waals surface area (Å²) in [6.07, 6.45) is 3.89. The summed E-state index contributed by atoms with van der Waals surface area (Å²) < 4.78 is 6.38. The zero-order valence-electron chi connectivity index (χ0n) is 22.7. The first kappa shape index (κ1) is 32.0. The van der Waals surface area contributed by atoms with Crippen LogP contribution in [-0.4, -0.2) is 52.3 Å². The molecular weight excluding hydrogens is 572 g/mol. The van der Waals surface area contributed by atoms with E-state index in [0.29, 0.717) is 29.1 Å². The van der Waals surface area contributed by atoms with Crippen molar-refractivity contribution >= 4 is 30.2 Å². The first-order valence-corrected chi connectivity index (χ1v) is 13.3. The molecule has 5 rings (SSSR count). The minimum Gasteiger partial charge on any atom is -0.483 e. The van der Waals surface area contributed by atoms with Gasteiger partial charge in [0, 0.05) is 23.5 Å². The summed E-state index contributed by atoms with van der Waals surface area (Å²) in [7, 11) is 0. The lowest BCUT2D eigenvalue weighted by atomic mass is 9.99. The number of nitrogens with one attached hydrogen (secondary N) is 2. The molecule has 0 amide bonds. The van der Waals surface area contributed by atoms with Gasteiger partial charge in [-0.2, -0.15) is 10.5 Å². The van der Waals surface area contributed by atoms with Gasteiger partial charge >= 0.3 is 0 Å². The highest BCUT2D eigenvalue weighted by Crippen LogP contribution is 2.35. The predicted molar refractivity (Wildman–Crippen MR) is 160 cm³/mol. The maximum absolute atomic E-state index is 9.52. The normalized spacial score (nSPS) is 13.3. The van der Waals surface area contributed by atoms with Crippen molar-refractivity contribution in [2.75, 3.05) is 18.4 Å². The Hall–Kier alpha value is -5.49. The second-order valence-corrected chi connectivity index (χ2v) is 9.22. The van der Waals surface area contributed by atoms with Crippen LogP contribution in [0.1, 0.15) is 28.3 Å². The molecule has 0 radical (unpaired) electrons. The van der Waals surface area contributed by atoms with Crippen LogP contribution < -0.4 is 15.4 Å². The smallest absolute Gasteiger partial charge is 0.290 e. The number of benzene rings is 2. The molecule has 1 aliphatic heterocycles. The number of fused-ring (bicyclic) bond motifs is 1. The molecule has 0 spiro atoms. The molecule has 4 N–H and O–H groups in total. The summed E-state index contributed by atoms with van der Waals surface area (Å²) >= 11 is 6.12. The Labute approximate surface area is 253 Å². The molecule has 43 heavy (non-hydrogen) atoms. The van der Waals surface area contributed by atoms with E-state index in [1.165, 1.54) is 0 Å². The van der Waals surface area contributed by atoms with Crippen molar-refractivity contribution in [1.29, 1.82) is 10.5 Å². The number of halogens is 1. The highest BCUT2D eigenvalue weighted by atomic mass is 35.5. The Morgan fingerprint density at radius 3 is 2.40 bits per heavy atom. The van der Waals surface area contributed by atoms with Gasteiger partial charge in [-0.3, -0.25) is 9.59 Å². The molecule has 0 bridgehead atoms. The van der Waals surface area contributed by atoms with Gasteiger partial charge in [-0.1, -0.05) is 54.1 Å². The highest BCUT2D eigenvalue weighted by Gasteiger charge is 2.30. The second kappa shape index (κ2) is 16.7. The molecule has 0 aliphatic carbocycles. The van der Waals surface area contributed by atoms with E-state index in [4.69, 9.17) is 41.4 Å². The van der Waals surface area contributed by atoms with E-state index < -0.39 is 0 Å². The fourth-order valence-corrected chi connectivity index (χ4v) is 4.63. The van der Waals surface area contributed by atoms with Crippen LogP contribution in [0.25, 0.3) is 11.1 Å². The average Bonchev–Trinajstić information content (AvgIpc) is 3.04. The minimum atomic E-state index is -0.250. The lowest BCUT2D eigenvalue weighted by molar-refractivity contribution is -0.123. The Morgan fingerprint density at radius 2 is 1.74 bits per heavy atom. The van der Waals surface area contributed by atoms with Gasteiger partial charge in [-0.05, 0) is 48.4 Å². The lowest BCUT2D eigenvalue weighted by Gasteiger charge is -2.33. The number of aromatic nitrogens is 2. The number of pyridine rings is 2. The molecule has 0 saturated carbocycles. The third-order valence-electron chi connectivity index (χ3n) is 6.33. The summed E-state index contributed by atoms with van der Waals surface area (Å²) in [6.45, 7) is 0.814. The zero-order valence-corrected chi connectivity index (χ0v) is 23.5. The van der Waals surface area contributed by atoms with Crippen molar-refractivity contribution in [1.82, 2.24) is 15.3 Å². The number of ether oxygens (including phenoxy) is 1. The topological polar surface area (TPSA) is 181 Å². The maximum Gasteiger partial charge on any atom is 0.290 e. The molecule has 4 aromatic rings. The molecular formula is C31H27ClN6O5. The Morgan fingerprint density at radius 1 is 1.05 bits per heavy atom. The molecule has 218 valence electrons. The molecule has 2 atom stereocenters. The number of nitriles is 2. The number of carbonyl (C=O) groups is 2. The van der Waals surface area contributed by atoms with Crippen LogP contribution in [0.2, 0.25) is 5.15 Å². The number of hydrogen-bond donors (Lipinski definition) is 4. The lowest BCUT2D eigenvalue weighted by Crippen LogP contribution is -2.43. The minimum absolute atomic E-state index is 0.0640. The fraction of sp³-hybridized carbons (Fsp3) is 0.161. The third kappa shape index (κ3) is 8.75. The standard InChI is InChI=1S/C29H23ClN6O.2CH2O2/c30-28-24(16-32)23(11-13-34-28)22-14-25-29(36-17-22)37-26(18-35-25)27(21-4-2-1-3-5-21)33-12-10-19-6-8-20(15-31)9-7-19;2*2-1-3/h1-9,11,13-14,17,26-27,33,35H,10,12,18H2;2*1H,(H,2,3)/t26-,27+;;/m0../s1. The molecule has 11 nitrogen and oxygen atoms in total. The van der Waals surface area contributed by atoms with E-state index in [0.717, 1.165) is 35.3 Å². The molecule has 2 aromatic carbocycles. The first-order valence-electron chi connectivity index (χ1n) is 12.9. The van der Waals surface area contributed by atoms with Gasteiger partial charge in [0.25, 0.3) is 12.9 Å². The summed E-state index contributed by atoms with van der Waals surface area (Å²) in [6, 6.07) is 25.8. The van der Waals surface area contributed by atoms with Crippen LogP contribution in [0.4, 0.5) is 5.69 Å². The van der Waals surface area contributed by atoms with E-state index in [9.17, 15) is 5.26 Å². The molecule has 0 unspecified atom stereocenters. The zero-order chi connectivity index (χ0) is 31.0. The Bertz CT molecular complexity index is 1580. The van der Waals surface area contributed by atoms with Crippen LogP contribution >= 0.6 is 11.6 Å². The average molecular weight is 599 g/mol. The van der Waals surface area contributed by atoms with Gasteiger partial charge < -0.3 is 25.6 Å². The summed E-state index contributed by atoms with van der Waals surface area (Å²) in [4.78, 5) is 25.3. The van der Waals surface area contributed by atoms with Crippen molar-refractivity contribution in [3.63, 3.8) is 0 Å². The highest BCUT2D eigenvalue weighted by molar-refractivity contribution is 6.31. The quantitative estimate of drug-likeness (QED) is 0.171. The second-order valence-electron chi connectivity index (χ2n) is 8.86. The number of nitrogens with zero attached hydrogens (tertiary/aromatic N) is 4. The van der Waals surface area contributed by atoms with E-state index in [1.54, 1.807) is 18.5 Å². The van der Waals surface area contributed by atoms with Crippen molar-refractivity contribution in [2.45, 2.75) is 18.6 Å². The van der Waals surface area contributed by atoms with Crippen LogP contribution in [0, 0.1) is 22.7 Å². The van der Waals surface area contributed by atoms with Crippen molar-refractivity contribution in [2.24, 2.45) is 0 Å². The van der Waals surface area contributed by atoms with Crippen molar-refractivity contribution in [3.8, 4) is 29.1 Å².